The van der Waals surface area contributed by atoms with Crippen molar-refractivity contribution in [1.82, 2.24) is 5.32 Å². The molecule has 0 bridgehead atoms. The van der Waals surface area contributed by atoms with Crippen LogP contribution in [0.2, 0.25) is 0 Å². The monoisotopic (exact) mass is 396 g/mol. The van der Waals surface area contributed by atoms with Crippen LogP contribution < -0.4 is 15.2 Å². The van der Waals surface area contributed by atoms with Crippen LogP contribution in [0.25, 0.3) is 10.8 Å². The van der Waals surface area contributed by atoms with E-state index >= 15 is 0 Å². The van der Waals surface area contributed by atoms with E-state index < -0.39 is 22.1 Å². The average Bonchev–Trinajstić information content (AvgIpc) is 2.67. The number of nitrogens with one attached hydrogen (secondary N) is 1. The first-order valence-corrected chi connectivity index (χ1v) is 10.4. The van der Waals surface area contributed by atoms with Gasteiger partial charge in [-0.1, -0.05) is 36.4 Å². The fourth-order valence-electron chi connectivity index (χ4n) is 3.65. The van der Waals surface area contributed by atoms with Crippen molar-refractivity contribution in [2.24, 2.45) is 5.73 Å². The molecule has 1 amide bonds. The van der Waals surface area contributed by atoms with E-state index in [0.717, 1.165) is 22.9 Å². The van der Waals surface area contributed by atoms with Gasteiger partial charge in [0.05, 0.1) is 0 Å². The van der Waals surface area contributed by atoms with Gasteiger partial charge in [0.2, 0.25) is 5.91 Å². The van der Waals surface area contributed by atoms with E-state index in [1.807, 2.05) is 19.1 Å². The third kappa shape index (κ3) is 3.23. The number of hydrogen-bond acceptors (Lipinski definition) is 5. The highest BCUT2D eigenvalue weighted by Gasteiger charge is 2.26. The van der Waals surface area contributed by atoms with Crippen LogP contribution in [0, 0.1) is 6.92 Å². The lowest BCUT2D eigenvalue weighted by Crippen LogP contribution is -2.38. The highest BCUT2D eigenvalue weighted by Crippen LogP contribution is 2.31. The molecule has 3 N–H and O–H groups in total. The van der Waals surface area contributed by atoms with Gasteiger partial charge >= 0.3 is 10.1 Å². The summed E-state index contributed by atoms with van der Waals surface area (Å²) in [6, 6.07) is 14.9. The Kier molecular flexibility index (Phi) is 4.56. The van der Waals surface area contributed by atoms with Crippen molar-refractivity contribution in [3.05, 3.63) is 71.3 Å². The van der Waals surface area contributed by atoms with Gasteiger partial charge in [-0.05, 0) is 53.6 Å². The van der Waals surface area contributed by atoms with E-state index in [2.05, 4.69) is 5.32 Å². The first-order chi connectivity index (χ1) is 13.4. The van der Waals surface area contributed by atoms with E-state index in [-0.39, 0.29) is 10.6 Å². The zero-order chi connectivity index (χ0) is 19.9. The Labute approximate surface area is 163 Å². The Morgan fingerprint density at radius 1 is 1.11 bits per heavy atom. The molecule has 144 valence electrons. The Bertz CT molecular complexity index is 1190. The van der Waals surface area contributed by atoms with E-state index in [0.29, 0.717) is 17.5 Å². The Morgan fingerprint density at radius 3 is 2.61 bits per heavy atom. The summed E-state index contributed by atoms with van der Waals surface area (Å²) < 4.78 is 31.4. The number of hydrogen-bond donors (Lipinski definition) is 2. The number of carbonyl (C=O) groups excluding carboxylic acids is 1. The van der Waals surface area contributed by atoms with Crippen molar-refractivity contribution >= 4 is 26.8 Å². The second kappa shape index (κ2) is 6.92. The number of rotatable bonds is 4. The molecule has 28 heavy (non-hydrogen) atoms. The topological polar surface area (TPSA) is 98.5 Å². The molecule has 0 saturated carbocycles. The van der Waals surface area contributed by atoms with Crippen molar-refractivity contribution in [2.45, 2.75) is 24.3 Å². The molecule has 0 aliphatic carbocycles. The molecule has 0 fully saturated rings. The van der Waals surface area contributed by atoms with Crippen molar-refractivity contribution in [3.8, 4) is 5.75 Å². The molecular formula is C21H20N2O4S. The molecule has 4 rings (SSSR count). The number of carbonyl (C=O) groups is 1. The number of primary amides is 1. The molecular weight excluding hydrogens is 376 g/mol. The minimum atomic E-state index is -4.06. The predicted molar refractivity (Wildman–Crippen MR) is 107 cm³/mol. The van der Waals surface area contributed by atoms with Crippen LogP contribution in [-0.4, -0.2) is 20.9 Å². The summed E-state index contributed by atoms with van der Waals surface area (Å²) in [5.41, 5.74) is 8.06. The second-order valence-electron chi connectivity index (χ2n) is 6.86. The summed E-state index contributed by atoms with van der Waals surface area (Å²) in [7, 11) is -4.06. The van der Waals surface area contributed by atoms with Gasteiger partial charge in [-0.25, -0.2) is 0 Å². The largest absolute Gasteiger partial charge is 0.379 e. The molecule has 1 atom stereocenters. The zero-order valence-electron chi connectivity index (χ0n) is 15.3. The summed E-state index contributed by atoms with van der Waals surface area (Å²) >= 11 is 0. The third-order valence-electron chi connectivity index (χ3n) is 5.03. The van der Waals surface area contributed by atoms with Crippen LogP contribution in [-0.2, 0) is 21.3 Å². The number of fused-ring (bicyclic) bond motifs is 2. The summed E-state index contributed by atoms with van der Waals surface area (Å²) in [4.78, 5) is 11.8. The summed E-state index contributed by atoms with van der Waals surface area (Å²) in [5, 5.41) is 4.51. The molecule has 1 aliphatic heterocycles. The van der Waals surface area contributed by atoms with Crippen LogP contribution in [0.15, 0.2) is 59.5 Å². The first-order valence-electron chi connectivity index (χ1n) is 8.95. The van der Waals surface area contributed by atoms with Crippen LogP contribution in [0.4, 0.5) is 0 Å². The number of amides is 1. The Morgan fingerprint density at radius 2 is 1.86 bits per heavy atom. The molecule has 1 heterocycles. The van der Waals surface area contributed by atoms with E-state index in [9.17, 15) is 13.2 Å². The Hall–Kier alpha value is -2.90. The lowest BCUT2D eigenvalue weighted by atomic mass is 9.94. The van der Waals surface area contributed by atoms with Crippen LogP contribution in [0.1, 0.15) is 22.7 Å². The highest BCUT2D eigenvalue weighted by molar-refractivity contribution is 7.87. The van der Waals surface area contributed by atoms with Gasteiger partial charge in [0.25, 0.3) is 0 Å². The van der Waals surface area contributed by atoms with Crippen LogP contribution in [0.5, 0.6) is 5.75 Å². The van der Waals surface area contributed by atoms with Gasteiger partial charge in [-0.15, -0.1) is 0 Å². The zero-order valence-corrected chi connectivity index (χ0v) is 16.1. The van der Waals surface area contributed by atoms with Gasteiger partial charge < -0.3 is 15.2 Å². The lowest BCUT2D eigenvalue weighted by Gasteiger charge is -2.25. The van der Waals surface area contributed by atoms with E-state index in [1.165, 1.54) is 0 Å². The van der Waals surface area contributed by atoms with Gasteiger partial charge in [0, 0.05) is 11.9 Å². The average molecular weight is 396 g/mol. The van der Waals surface area contributed by atoms with E-state index in [1.54, 1.807) is 42.5 Å². The summed E-state index contributed by atoms with van der Waals surface area (Å²) in [6.07, 6.45) is 0.731. The molecule has 3 aromatic rings. The second-order valence-corrected chi connectivity index (χ2v) is 8.38. The van der Waals surface area contributed by atoms with Gasteiger partial charge in [0.1, 0.15) is 16.7 Å². The SMILES string of the molecule is Cc1ccc(S(=O)(=O)Oc2ccc3c(c2)C(C(N)=O)NCC3)c2ccccc12. The number of nitrogens with two attached hydrogens (primary N) is 1. The molecule has 3 aromatic carbocycles. The molecule has 6 nitrogen and oxygen atoms in total. The molecule has 0 aromatic heterocycles. The summed E-state index contributed by atoms with van der Waals surface area (Å²) in [6.45, 7) is 2.56. The minimum Gasteiger partial charge on any atom is -0.379 e. The predicted octanol–water partition coefficient (Wildman–Crippen LogP) is 2.59. The molecule has 0 saturated heterocycles. The maximum absolute atomic E-state index is 13.0. The normalized spacial score (nSPS) is 16.5. The first kappa shape index (κ1) is 18.5. The maximum Gasteiger partial charge on any atom is 0.339 e. The van der Waals surface area contributed by atoms with Crippen LogP contribution in [0.3, 0.4) is 0 Å². The highest BCUT2D eigenvalue weighted by atomic mass is 32.2. The molecule has 0 radical (unpaired) electrons. The fraction of sp³-hybridized carbons (Fsp3) is 0.190. The van der Waals surface area contributed by atoms with Crippen LogP contribution >= 0.6 is 0 Å². The van der Waals surface area contributed by atoms with Crippen molar-refractivity contribution in [1.29, 1.82) is 0 Å². The van der Waals surface area contributed by atoms with Gasteiger partial charge in [-0.3, -0.25) is 4.79 Å². The molecule has 0 spiro atoms. The number of aryl methyl sites for hydroxylation is 1. The minimum absolute atomic E-state index is 0.107. The lowest BCUT2D eigenvalue weighted by molar-refractivity contribution is -0.120. The fourth-order valence-corrected chi connectivity index (χ4v) is 4.78. The summed E-state index contributed by atoms with van der Waals surface area (Å²) in [5.74, 6) is -0.358. The molecule has 1 aliphatic rings. The number of benzene rings is 3. The van der Waals surface area contributed by atoms with Gasteiger partial charge in [0.15, 0.2) is 0 Å². The smallest absolute Gasteiger partial charge is 0.339 e. The van der Waals surface area contributed by atoms with Crippen molar-refractivity contribution in [3.63, 3.8) is 0 Å². The Balaban J connectivity index is 1.75. The van der Waals surface area contributed by atoms with E-state index in [4.69, 9.17) is 9.92 Å². The standard InChI is InChI=1S/C21H20N2O4S/c1-13-6-9-19(17-5-3-2-4-16(13)17)28(25,26)27-15-8-7-14-10-11-23-20(21(22)24)18(14)12-15/h2-9,12,20,23H,10-11H2,1H3,(H2,22,24). The molecule has 1 unspecified atom stereocenters. The van der Waals surface area contributed by atoms with Gasteiger partial charge in [-0.2, -0.15) is 8.42 Å². The van der Waals surface area contributed by atoms with Crippen molar-refractivity contribution in [2.75, 3.05) is 6.54 Å². The molecule has 7 heteroatoms. The maximum atomic E-state index is 13.0. The quantitative estimate of drug-likeness (QED) is 0.661. The van der Waals surface area contributed by atoms with Crippen molar-refractivity contribution < 1.29 is 17.4 Å². The third-order valence-corrected chi connectivity index (χ3v) is 6.34.